The van der Waals surface area contributed by atoms with Gasteiger partial charge in [0.05, 0.1) is 0 Å². The molecule has 1 heterocycles. The third-order valence-corrected chi connectivity index (χ3v) is 3.10. The number of rotatable bonds is 2. The molecule has 0 bridgehead atoms. The third-order valence-electron chi connectivity index (χ3n) is 3.10. The molecule has 0 atom stereocenters. The molecule has 2 aromatic carbocycles. The zero-order chi connectivity index (χ0) is 14.8. The van der Waals surface area contributed by atoms with Crippen LogP contribution < -0.4 is 5.73 Å². The Morgan fingerprint density at radius 1 is 0.857 bits per heavy atom. The van der Waals surface area contributed by atoms with Crippen LogP contribution in [0.15, 0.2) is 48.5 Å². The highest BCUT2D eigenvalue weighted by atomic mass is 19.1. The highest BCUT2D eigenvalue weighted by molar-refractivity contribution is 5.62. The summed E-state index contributed by atoms with van der Waals surface area (Å²) in [6.07, 6.45) is 0. The average Bonchev–Trinajstić information content (AvgIpc) is 2.50. The minimum absolute atomic E-state index is 0.140. The van der Waals surface area contributed by atoms with E-state index in [1.54, 1.807) is 19.1 Å². The molecule has 3 aromatic rings. The first kappa shape index (κ1) is 13.2. The van der Waals surface area contributed by atoms with Crippen molar-refractivity contribution in [2.45, 2.75) is 6.92 Å². The normalized spacial score (nSPS) is 10.6. The van der Waals surface area contributed by atoms with Gasteiger partial charge in [0.15, 0.2) is 11.6 Å². The Balaban J connectivity index is 2.11. The predicted octanol–water partition coefficient (Wildman–Crippen LogP) is 3.24. The van der Waals surface area contributed by atoms with Gasteiger partial charge in [-0.15, -0.1) is 0 Å². The number of aryl methyl sites for hydroxylation is 1. The Kier molecular flexibility index (Phi) is 3.31. The predicted molar refractivity (Wildman–Crippen MR) is 79.8 cm³/mol. The molecule has 0 aliphatic heterocycles. The number of anilines is 1. The van der Waals surface area contributed by atoms with Crippen molar-refractivity contribution in [3.8, 4) is 22.8 Å². The molecule has 104 valence electrons. The van der Waals surface area contributed by atoms with Crippen LogP contribution >= 0.6 is 0 Å². The molecule has 0 unspecified atom stereocenters. The number of hydrogen-bond acceptors (Lipinski definition) is 4. The SMILES string of the molecule is Cc1cc(-c2nc(N)nc(-c3ccccc3)n2)ccc1F. The van der Waals surface area contributed by atoms with Gasteiger partial charge in [0.2, 0.25) is 5.95 Å². The van der Waals surface area contributed by atoms with Crippen LogP contribution in [0.25, 0.3) is 22.8 Å². The molecule has 0 aliphatic carbocycles. The first-order valence-electron chi connectivity index (χ1n) is 6.47. The number of aromatic nitrogens is 3. The van der Waals surface area contributed by atoms with E-state index in [2.05, 4.69) is 15.0 Å². The molecule has 1 aromatic heterocycles. The lowest BCUT2D eigenvalue weighted by molar-refractivity contribution is 0.618. The summed E-state index contributed by atoms with van der Waals surface area (Å²) in [6, 6.07) is 14.2. The van der Waals surface area contributed by atoms with Crippen molar-refractivity contribution in [3.63, 3.8) is 0 Å². The highest BCUT2D eigenvalue weighted by Gasteiger charge is 2.09. The maximum absolute atomic E-state index is 13.4. The van der Waals surface area contributed by atoms with Crippen molar-refractivity contribution in [1.29, 1.82) is 0 Å². The van der Waals surface area contributed by atoms with Gasteiger partial charge in [-0.1, -0.05) is 30.3 Å². The van der Waals surface area contributed by atoms with Gasteiger partial charge in [-0.3, -0.25) is 0 Å². The Morgan fingerprint density at radius 2 is 1.52 bits per heavy atom. The molecule has 21 heavy (non-hydrogen) atoms. The fourth-order valence-electron chi connectivity index (χ4n) is 2.02. The number of hydrogen-bond donors (Lipinski definition) is 1. The number of halogens is 1. The summed E-state index contributed by atoms with van der Waals surface area (Å²) in [5.41, 5.74) is 7.86. The first-order chi connectivity index (χ1) is 10.1. The van der Waals surface area contributed by atoms with E-state index >= 15 is 0 Å². The first-order valence-corrected chi connectivity index (χ1v) is 6.47. The highest BCUT2D eigenvalue weighted by Crippen LogP contribution is 2.22. The molecule has 0 aliphatic rings. The molecule has 2 N–H and O–H groups in total. The molecule has 0 radical (unpaired) electrons. The van der Waals surface area contributed by atoms with E-state index in [0.717, 1.165) is 5.56 Å². The van der Waals surface area contributed by atoms with E-state index in [1.165, 1.54) is 6.07 Å². The van der Waals surface area contributed by atoms with Crippen molar-refractivity contribution < 1.29 is 4.39 Å². The number of nitrogen functional groups attached to an aromatic ring is 1. The summed E-state index contributed by atoms with van der Waals surface area (Å²) in [4.78, 5) is 12.7. The van der Waals surface area contributed by atoms with Crippen LogP contribution in [0.5, 0.6) is 0 Å². The molecule has 0 spiro atoms. The standard InChI is InChI=1S/C16H13FN4/c1-10-9-12(7-8-13(10)17)15-19-14(20-16(18)21-15)11-5-3-2-4-6-11/h2-9H,1H3,(H2,18,19,20,21). The monoisotopic (exact) mass is 280 g/mol. The molecular formula is C16H13FN4. The zero-order valence-corrected chi connectivity index (χ0v) is 11.4. The second-order valence-electron chi connectivity index (χ2n) is 4.67. The smallest absolute Gasteiger partial charge is 0.224 e. The minimum Gasteiger partial charge on any atom is -0.368 e. The van der Waals surface area contributed by atoms with Crippen molar-refractivity contribution in [3.05, 3.63) is 59.9 Å². The van der Waals surface area contributed by atoms with E-state index in [9.17, 15) is 4.39 Å². The van der Waals surface area contributed by atoms with Gasteiger partial charge in [-0.2, -0.15) is 9.97 Å². The minimum atomic E-state index is -0.260. The van der Waals surface area contributed by atoms with Gasteiger partial charge in [0.25, 0.3) is 0 Å². The fourth-order valence-corrected chi connectivity index (χ4v) is 2.02. The molecular weight excluding hydrogens is 267 g/mol. The van der Waals surface area contributed by atoms with Crippen LogP contribution in [0.3, 0.4) is 0 Å². The molecule has 0 fully saturated rings. The number of benzene rings is 2. The van der Waals surface area contributed by atoms with E-state index in [0.29, 0.717) is 22.8 Å². The van der Waals surface area contributed by atoms with Crippen molar-refractivity contribution in [2.75, 3.05) is 5.73 Å². The largest absolute Gasteiger partial charge is 0.368 e. The van der Waals surface area contributed by atoms with Crippen LogP contribution in [-0.4, -0.2) is 15.0 Å². The van der Waals surface area contributed by atoms with E-state index in [1.807, 2.05) is 30.3 Å². The summed E-state index contributed by atoms with van der Waals surface area (Å²) in [5, 5.41) is 0. The maximum atomic E-state index is 13.4. The Labute approximate surface area is 121 Å². The number of nitrogens with zero attached hydrogens (tertiary/aromatic N) is 3. The van der Waals surface area contributed by atoms with E-state index in [4.69, 9.17) is 5.73 Å². The van der Waals surface area contributed by atoms with Crippen molar-refractivity contribution >= 4 is 5.95 Å². The van der Waals surface area contributed by atoms with Gasteiger partial charge in [-0.25, -0.2) is 9.37 Å². The third kappa shape index (κ3) is 2.72. The molecule has 0 saturated carbocycles. The lowest BCUT2D eigenvalue weighted by Gasteiger charge is -2.06. The summed E-state index contributed by atoms with van der Waals surface area (Å²) < 4.78 is 13.4. The maximum Gasteiger partial charge on any atom is 0.224 e. The second-order valence-corrected chi connectivity index (χ2v) is 4.67. The summed E-state index contributed by atoms with van der Waals surface area (Å²) >= 11 is 0. The molecule has 4 nitrogen and oxygen atoms in total. The van der Waals surface area contributed by atoms with Gasteiger partial charge in [0.1, 0.15) is 5.82 Å². The van der Waals surface area contributed by atoms with Crippen LogP contribution in [0.2, 0.25) is 0 Å². The van der Waals surface area contributed by atoms with Gasteiger partial charge < -0.3 is 5.73 Å². The summed E-state index contributed by atoms with van der Waals surface area (Å²) in [5.74, 6) is 0.814. The molecule has 0 saturated heterocycles. The van der Waals surface area contributed by atoms with Crippen LogP contribution in [0, 0.1) is 12.7 Å². The van der Waals surface area contributed by atoms with Crippen LogP contribution in [-0.2, 0) is 0 Å². The van der Waals surface area contributed by atoms with E-state index in [-0.39, 0.29) is 11.8 Å². The Bertz CT molecular complexity index is 788. The lowest BCUT2D eigenvalue weighted by Crippen LogP contribution is -2.02. The Hall–Kier alpha value is -2.82. The van der Waals surface area contributed by atoms with Gasteiger partial charge >= 0.3 is 0 Å². The lowest BCUT2D eigenvalue weighted by atomic mass is 10.1. The zero-order valence-electron chi connectivity index (χ0n) is 11.4. The van der Waals surface area contributed by atoms with Gasteiger partial charge in [0, 0.05) is 11.1 Å². The second kappa shape index (κ2) is 5.28. The quantitative estimate of drug-likeness (QED) is 0.782. The van der Waals surface area contributed by atoms with Crippen LogP contribution in [0.4, 0.5) is 10.3 Å². The topological polar surface area (TPSA) is 64.7 Å². The summed E-state index contributed by atoms with van der Waals surface area (Å²) in [7, 11) is 0. The average molecular weight is 280 g/mol. The van der Waals surface area contributed by atoms with Crippen LogP contribution in [0.1, 0.15) is 5.56 Å². The Morgan fingerprint density at radius 3 is 2.19 bits per heavy atom. The van der Waals surface area contributed by atoms with Crippen molar-refractivity contribution in [2.24, 2.45) is 0 Å². The van der Waals surface area contributed by atoms with E-state index < -0.39 is 0 Å². The summed E-state index contributed by atoms with van der Waals surface area (Å²) in [6.45, 7) is 1.70. The molecule has 5 heteroatoms. The fraction of sp³-hybridized carbons (Fsp3) is 0.0625. The van der Waals surface area contributed by atoms with Gasteiger partial charge in [-0.05, 0) is 30.7 Å². The van der Waals surface area contributed by atoms with Crippen molar-refractivity contribution in [1.82, 2.24) is 15.0 Å². The molecule has 3 rings (SSSR count). The molecule has 0 amide bonds. The number of nitrogens with two attached hydrogens (primary N) is 1.